The number of nitrogens with one attached hydrogen (secondary N) is 4. The molecule has 0 saturated heterocycles. The van der Waals surface area contributed by atoms with E-state index in [4.69, 9.17) is 23.2 Å². The minimum atomic E-state index is -1.21. The second-order valence-electron chi connectivity index (χ2n) is 7.03. The molecular formula is C20H14Cl2N6O5. The first-order valence-corrected chi connectivity index (χ1v) is 10.2. The van der Waals surface area contributed by atoms with E-state index in [9.17, 15) is 24.5 Å². The summed E-state index contributed by atoms with van der Waals surface area (Å²) in [4.78, 5) is 55.2. The number of nitro groups is 1. The van der Waals surface area contributed by atoms with Crippen LogP contribution in [0.25, 0.3) is 0 Å². The smallest absolute Gasteiger partial charge is 0.292 e. The second kappa shape index (κ2) is 8.88. The average molecular weight is 489 g/mol. The van der Waals surface area contributed by atoms with Crippen LogP contribution in [0.4, 0.5) is 28.8 Å². The van der Waals surface area contributed by atoms with Gasteiger partial charge in [0.05, 0.1) is 16.4 Å². The van der Waals surface area contributed by atoms with E-state index < -0.39 is 28.2 Å². The number of nitro benzene ring substituents is 1. The standard InChI is InChI=1S/C20H14Cl2N6O5/c21-9-5-10(22)7-11(6-9)23-20-26-17-16(19(31)27-20)12(8-15(29)25-17)18(30)24-13-3-1-2-4-14(13)28(32)33/h1-7,12H,8H2,(H,24,30)(H3,23,25,26,27,29,31)/t12-/m0/s1. The fourth-order valence-electron chi connectivity index (χ4n) is 3.38. The molecule has 1 atom stereocenters. The van der Waals surface area contributed by atoms with Gasteiger partial charge in [-0.25, -0.2) is 0 Å². The van der Waals surface area contributed by atoms with Crippen LogP contribution in [-0.4, -0.2) is 26.7 Å². The topological polar surface area (TPSA) is 159 Å². The van der Waals surface area contributed by atoms with Crippen LogP contribution >= 0.6 is 23.2 Å². The Bertz CT molecular complexity index is 1340. The highest BCUT2D eigenvalue weighted by Gasteiger charge is 2.35. The summed E-state index contributed by atoms with van der Waals surface area (Å²) in [5, 5.41) is 19.7. The van der Waals surface area contributed by atoms with Crippen LogP contribution in [0.15, 0.2) is 47.3 Å². The van der Waals surface area contributed by atoms with Crippen molar-refractivity contribution < 1.29 is 14.5 Å². The Labute approximate surface area is 195 Å². The molecule has 0 radical (unpaired) electrons. The Morgan fingerprint density at radius 3 is 2.55 bits per heavy atom. The molecule has 2 amide bonds. The number of para-hydroxylation sites is 2. The van der Waals surface area contributed by atoms with Crippen LogP contribution < -0.4 is 21.5 Å². The molecule has 0 aliphatic carbocycles. The van der Waals surface area contributed by atoms with Gasteiger partial charge in [0.25, 0.3) is 11.2 Å². The zero-order valence-electron chi connectivity index (χ0n) is 16.5. The van der Waals surface area contributed by atoms with Gasteiger partial charge in [0.2, 0.25) is 17.8 Å². The quantitative estimate of drug-likeness (QED) is 0.313. The van der Waals surface area contributed by atoms with Gasteiger partial charge in [0.15, 0.2) is 0 Å². The van der Waals surface area contributed by atoms with Gasteiger partial charge in [-0.15, -0.1) is 0 Å². The molecule has 4 rings (SSSR count). The van der Waals surface area contributed by atoms with Crippen molar-refractivity contribution in [1.29, 1.82) is 0 Å². The number of fused-ring (bicyclic) bond motifs is 1. The fraction of sp³-hybridized carbons (Fsp3) is 0.100. The number of hydrogen-bond acceptors (Lipinski definition) is 7. The van der Waals surface area contributed by atoms with Crippen LogP contribution in [0.5, 0.6) is 0 Å². The fourth-order valence-corrected chi connectivity index (χ4v) is 3.90. The molecular weight excluding hydrogens is 475 g/mol. The molecule has 168 valence electrons. The number of nitrogens with zero attached hydrogens (tertiary/aromatic N) is 2. The highest BCUT2D eigenvalue weighted by Crippen LogP contribution is 2.32. The Balaban J connectivity index is 1.66. The maximum atomic E-state index is 12.9. The number of hydrogen-bond donors (Lipinski definition) is 4. The third-order valence-corrected chi connectivity index (χ3v) is 5.19. The number of carbonyl (C=O) groups is 2. The molecule has 1 aliphatic rings. The average Bonchev–Trinajstić information content (AvgIpc) is 2.72. The van der Waals surface area contributed by atoms with Crippen molar-refractivity contribution in [3.05, 3.63) is 78.5 Å². The second-order valence-corrected chi connectivity index (χ2v) is 7.90. The van der Waals surface area contributed by atoms with Crippen molar-refractivity contribution >= 4 is 63.8 Å². The van der Waals surface area contributed by atoms with E-state index in [-0.39, 0.29) is 35.1 Å². The molecule has 2 aromatic carbocycles. The van der Waals surface area contributed by atoms with Gasteiger partial charge >= 0.3 is 0 Å². The summed E-state index contributed by atoms with van der Waals surface area (Å²) < 4.78 is 0. The van der Waals surface area contributed by atoms with Gasteiger partial charge < -0.3 is 16.0 Å². The van der Waals surface area contributed by atoms with Gasteiger partial charge in [-0.3, -0.25) is 29.5 Å². The molecule has 13 heteroatoms. The van der Waals surface area contributed by atoms with E-state index in [0.29, 0.717) is 15.7 Å². The maximum Gasteiger partial charge on any atom is 0.292 e. The Kier molecular flexibility index (Phi) is 5.99. The molecule has 0 unspecified atom stereocenters. The minimum absolute atomic E-state index is 0.0165. The Morgan fingerprint density at radius 1 is 1.15 bits per heavy atom. The summed E-state index contributed by atoms with van der Waals surface area (Å²) in [6.45, 7) is 0. The molecule has 0 bridgehead atoms. The van der Waals surface area contributed by atoms with Gasteiger partial charge in [0.1, 0.15) is 11.5 Å². The molecule has 33 heavy (non-hydrogen) atoms. The van der Waals surface area contributed by atoms with Crippen LogP contribution in [0.2, 0.25) is 10.0 Å². The normalized spacial score (nSPS) is 14.7. The molecule has 11 nitrogen and oxygen atoms in total. The predicted molar refractivity (Wildman–Crippen MR) is 122 cm³/mol. The summed E-state index contributed by atoms with van der Waals surface area (Å²) in [5.41, 5.74) is -0.680. The molecule has 1 aliphatic heterocycles. The molecule has 1 aromatic heterocycles. The van der Waals surface area contributed by atoms with Gasteiger partial charge in [-0.1, -0.05) is 35.3 Å². The number of anilines is 4. The molecule has 0 spiro atoms. The van der Waals surface area contributed by atoms with Crippen molar-refractivity contribution in [2.45, 2.75) is 12.3 Å². The number of carbonyl (C=O) groups excluding carboxylic acids is 2. The SMILES string of the molecule is O=C1C[C@H](C(=O)Nc2ccccc2[N+](=O)[O-])c2c(nc(Nc3cc(Cl)cc(Cl)c3)[nH]c2=O)N1. The summed E-state index contributed by atoms with van der Waals surface area (Å²) in [6.07, 6.45) is -0.332. The number of H-pyrrole nitrogens is 1. The first-order chi connectivity index (χ1) is 15.7. The van der Waals surface area contributed by atoms with E-state index in [1.807, 2.05) is 0 Å². The van der Waals surface area contributed by atoms with E-state index in [1.165, 1.54) is 30.3 Å². The van der Waals surface area contributed by atoms with Crippen LogP contribution in [0.3, 0.4) is 0 Å². The lowest BCUT2D eigenvalue weighted by Crippen LogP contribution is -2.36. The summed E-state index contributed by atoms with van der Waals surface area (Å²) >= 11 is 11.9. The third kappa shape index (κ3) is 4.78. The van der Waals surface area contributed by atoms with E-state index >= 15 is 0 Å². The Morgan fingerprint density at radius 2 is 1.85 bits per heavy atom. The van der Waals surface area contributed by atoms with Gasteiger partial charge in [-0.05, 0) is 24.3 Å². The van der Waals surface area contributed by atoms with Crippen molar-refractivity contribution in [2.75, 3.05) is 16.0 Å². The largest absolute Gasteiger partial charge is 0.326 e. The highest BCUT2D eigenvalue weighted by molar-refractivity contribution is 6.35. The van der Waals surface area contributed by atoms with Gasteiger partial charge in [0, 0.05) is 28.2 Å². The Hall–Kier alpha value is -3.96. The third-order valence-electron chi connectivity index (χ3n) is 4.75. The van der Waals surface area contributed by atoms with Crippen molar-refractivity contribution in [3.8, 4) is 0 Å². The number of rotatable bonds is 5. The van der Waals surface area contributed by atoms with Gasteiger partial charge in [-0.2, -0.15) is 4.98 Å². The lowest BCUT2D eigenvalue weighted by Gasteiger charge is -2.23. The number of benzene rings is 2. The molecule has 3 aromatic rings. The number of aromatic amines is 1. The first-order valence-electron chi connectivity index (χ1n) is 9.42. The van der Waals surface area contributed by atoms with E-state index in [0.717, 1.165) is 0 Å². The van der Waals surface area contributed by atoms with Crippen LogP contribution in [0.1, 0.15) is 17.9 Å². The monoisotopic (exact) mass is 488 g/mol. The number of halogens is 2. The van der Waals surface area contributed by atoms with E-state index in [1.54, 1.807) is 12.1 Å². The maximum absolute atomic E-state index is 12.9. The van der Waals surface area contributed by atoms with Crippen molar-refractivity contribution in [1.82, 2.24) is 9.97 Å². The van der Waals surface area contributed by atoms with Crippen LogP contribution in [-0.2, 0) is 9.59 Å². The molecule has 0 saturated carbocycles. The molecule has 4 N–H and O–H groups in total. The van der Waals surface area contributed by atoms with Crippen molar-refractivity contribution in [3.63, 3.8) is 0 Å². The first kappa shape index (κ1) is 22.2. The summed E-state index contributed by atoms with van der Waals surface area (Å²) in [7, 11) is 0. The lowest BCUT2D eigenvalue weighted by molar-refractivity contribution is -0.383. The predicted octanol–water partition coefficient (Wildman–Crippen LogP) is 3.79. The zero-order valence-corrected chi connectivity index (χ0v) is 18.0. The van der Waals surface area contributed by atoms with Crippen molar-refractivity contribution in [2.24, 2.45) is 0 Å². The molecule has 2 heterocycles. The molecule has 0 fully saturated rings. The lowest BCUT2D eigenvalue weighted by atomic mass is 9.92. The number of aromatic nitrogens is 2. The minimum Gasteiger partial charge on any atom is -0.326 e. The zero-order chi connectivity index (χ0) is 23.7. The van der Waals surface area contributed by atoms with Crippen LogP contribution in [0, 0.1) is 10.1 Å². The summed E-state index contributed by atoms with van der Waals surface area (Å²) in [5.74, 6) is -2.62. The summed E-state index contributed by atoms with van der Waals surface area (Å²) in [6, 6.07) is 10.2. The van der Waals surface area contributed by atoms with E-state index in [2.05, 4.69) is 25.9 Å². The number of amides is 2. The highest BCUT2D eigenvalue weighted by atomic mass is 35.5.